The Labute approximate surface area is 149 Å². The van der Waals surface area contributed by atoms with Crippen LogP contribution < -0.4 is 16.6 Å². The van der Waals surface area contributed by atoms with Crippen molar-refractivity contribution < 1.29 is 14.3 Å². The van der Waals surface area contributed by atoms with E-state index in [2.05, 4.69) is 5.32 Å². The van der Waals surface area contributed by atoms with Gasteiger partial charge in [-0.1, -0.05) is 37.3 Å². The van der Waals surface area contributed by atoms with Gasteiger partial charge in [-0.2, -0.15) is 0 Å². The third-order valence-corrected chi connectivity index (χ3v) is 3.82. The molecule has 0 aliphatic rings. The number of esters is 1. The van der Waals surface area contributed by atoms with Gasteiger partial charge >= 0.3 is 11.7 Å². The molecule has 1 heterocycles. The second kappa shape index (κ2) is 8.80. The van der Waals surface area contributed by atoms with E-state index >= 15 is 0 Å². The predicted molar refractivity (Wildman–Crippen MR) is 94.7 cm³/mol. The minimum absolute atomic E-state index is 0.114. The van der Waals surface area contributed by atoms with Crippen LogP contribution in [-0.2, 0) is 20.9 Å². The highest BCUT2D eigenvalue weighted by Crippen LogP contribution is 2.13. The molecule has 0 bridgehead atoms. The maximum absolute atomic E-state index is 12.1. The summed E-state index contributed by atoms with van der Waals surface area (Å²) >= 11 is 0. The van der Waals surface area contributed by atoms with Crippen LogP contribution in [0.5, 0.6) is 0 Å². The molecule has 1 aromatic heterocycles. The van der Waals surface area contributed by atoms with E-state index in [-0.39, 0.29) is 5.92 Å². The van der Waals surface area contributed by atoms with Gasteiger partial charge in [-0.05, 0) is 18.4 Å². The SMILES string of the molecule is C[C@H](CNC(=O)[C@@H](C)OC(=O)Cn1ccc(=O)[nH]c1=O)c1ccccc1. The number of nitrogens with zero attached hydrogens (tertiary/aromatic N) is 1. The Hall–Kier alpha value is -3.16. The lowest BCUT2D eigenvalue weighted by Crippen LogP contribution is -2.39. The molecule has 8 heteroatoms. The van der Waals surface area contributed by atoms with Gasteiger partial charge in [0.05, 0.1) is 0 Å². The number of aromatic amines is 1. The summed E-state index contributed by atoms with van der Waals surface area (Å²) in [5, 5.41) is 2.74. The van der Waals surface area contributed by atoms with E-state index in [4.69, 9.17) is 4.74 Å². The van der Waals surface area contributed by atoms with E-state index in [1.165, 1.54) is 13.1 Å². The Morgan fingerprint density at radius 1 is 1.15 bits per heavy atom. The monoisotopic (exact) mass is 359 g/mol. The summed E-state index contributed by atoms with van der Waals surface area (Å²) in [6.07, 6.45) is 0.193. The van der Waals surface area contributed by atoms with Crippen LogP contribution in [0.2, 0.25) is 0 Å². The van der Waals surface area contributed by atoms with Gasteiger partial charge in [0.1, 0.15) is 6.54 Å². The first-order valence-electron chi connectivity index (χ1n) is 8.18. The lowest BCUT2D eigenvalue weighted by Gasteiger charge is -2.17. The van der Waals surface area contributed by atoms with Gasteiger partial charge in [0, 0.05) is 18.8 Å². The highest BCUT2D eigenvalue weighted by Gasteiger charge is 2.19. The fraction of sp³-hybridized carbons (Fsp3) is 0.333. The van der Waals surface area contributed by atoms with Crippen molar-refractivity contribution in [2.24, 2.45) is 0 Å². The van der Waals surface area contributed by atoms with Gasteiger partial charge < -0.3 is 10.1 Å². The molecule has 0 fully saturated rings. The van der Waals surface area contributed by atoms with Crippen LogP contribution in [0.15, 0.2) is 52.2 Å². The third kappa shape index (κ3) is 5.44. The maximum Gasteiger partial charge on any atom is 0.328 e. The molecule has 2 rings (SSSR count). The van der Waals surface area contributed by atoms with Crippen molar-refractivity contribution in [2.45, 2.75) is 32.4 Å². The molecule has 8 nitrogen and oxygen atoms in total. The third-order valence-electron chi connectivity index (χ3n) is 3.82. The molecule has 2 N–H and O–H groups in total. The van der Waals surface area contributed by atoms with Crippen LogP contribution in [0.3, 0.4) is 0 Å². The largest absolute Gasteiger partial charge is 0.451 e. The van der Waals surface area contributed by atoms with Crippen molar-refractivity contribution in [1.29, 1.82) is 0 Å². The van der Waals surface area contributed by atoms with Gasteiger partial charge in [-0.15, -0.1) is 0 Å². The summed E-state index contributed by atoms with van der Waals surface area (Å²) < 4.78 is 6.03. The fourth-order valence-electron chi connectivity index (χ4n) is 2.29. The van der Waals surface area contributed by atoms with Crippen LogP contribution in [0.4, 0.5) is 0 Å². The Balaban J connectivity index is 1.83. The van der Waals surface area contributed by atoms with Gasteiger partial charge in [0.15, 0.2) is 6.10 Å². The zero-order valence-electron chi connectivity index (χ0n) is 14.6. The second-order valence-corrected chi connectivity index (χ2v) is 5.93. The van der Waals surface area contributed by atoms with Crippen molar-refractivity contribution in [2.75, 3.05) is 6.54 Å². The molecule has 2 aromatic rings. The van der Waals surface area contributed by atoms with Crippen LogP contribution in [0, 0.1) is 0 Å². The molecular formula is C18H21N3O5. The van der Waals surface area contributed by atoms with Crippen molar-refractivity contribution in [3.05, 3.63) is 69.0 Å². The molecule has 0 spiro atoms. The maximum atomic E-state index is 12.1. The molecule has 0 aliphatic heterocycles. The highest BCUT2D eigenvalue weighted by atomic mass is 16.5. The van der Waals surface area contributed by atoms with Crippen LogP contribution in [-0.4, -0.2) is 34.1 Å². The quantitative estimate of drug-likeness (QED) is 0.695. The van der Waals surface area contributed by atoms with E-state index in [0.29, 0.717) is 6.54 Å². The van der Waals surface area contributed by atoms with E-state index < -0.39 is 35.8 Å². The van der Waals surface area contributed by atoms with Crippen LogP contribution in [0.25, 0.3) is 0 Å². The highest BCUT2D eigenvalue weighted by molar-refractivity contribution is 5.83. The number of carbonyl (C=O) groups excluding carboxylic acids is 2. The summed E-state index contributed by atoms with van der Waals surface area (Å²) in [7, 11) is 0. The van der Waals surface area contributed by atoms with E-state index in [9.17, 15) is 19.2 Å². The lowest BCUT2D eigenvalue weighted by atomic mass is 10.0. The number of H-pyrrole nitrogens is 1. The predicted octanol–water partition coefficient (Wildman–Crippen LogP) is 0.388. The molecule has 1 amide bonds. The number of benzene rings is 1. The number of amides is 1. The molecule has 2 atom stereocenters. The van der Waals surface area contributed by atoms with Crippen molar-refractivity contribution in [3.8, 4) is 0 Å². The molecule has 0 aliphatic carbocycles. The molecule has 0 saturated carbocycles. The van der Waals surface area contributed by atoms with Gasteiger partial charge in [-0.25, -0.2) is 4.79 Å². The first-order chi connectivity index (χ1) is 12.4. The zero-order valence-corrected chi connectivity index (χ0v) is 14.6. The lowest BCUT2D eigenvalue weighted by molar-refractivity contribution is -0.155. The smallest absolute Gasteiger partial charge is 0.328 e. The average molecular weight is 359 g/mol. The number of carbonyl (C=O) groups is 2. The van der Waals surface area contributed by atoms with Crippen LogP contribution >= 0.6 is 0 Å². The van der Waals surface area contributed by atoms with Crippen LogP contribution in [0.1, 0.15) is 25.3 Å². The van der Waals surface area contributed by atoms with Crippen molar-refractivity contribution in [1.82, 2.24) is 14.9 Å². The fourth-order valence-corrected chi connectivity index (χ4v) is 2.29. The number of hydrogen-bond donors (Lipinski definition) is 2. The Bertz CT molecular complexity index is 872. The van der Waals surface area contributed by atoms with Gasteiger partial charge in [0.2, 0.25) is 0 Å². The Morgan fingerprint density at radius 3 is 2.50 bits per heavy atom. The summed E-state index contributed by atoms with van der Waals surface area (Å²) in [6, 6.07) is 10.8. The second-order valence-electron chi connectivity index (χ2n) is 5.93. The number of aromatic nitrogens is 2. The van der Waals surface area contributed by atoms with E-state index in [1.807, 2.05) is 42.2 Å². The molecule has 0 unspecified atom stereocenters. The normalized spacial score (nSPS) is 12.8. The molecule has 0 radical (unpaired) electrons. The first-order valence-corrected chi connectivity index (χ1v) is 8.18. The molecule has 138 valence electrons. The van der Waals surface area contributed by atoms with Gasteiger partial charge in [-0.3, -0.25) is 23.9 Å². The topological polar surface area (TPSA) is 110 Å². The first kappa shape index (κ1) is 19.2. The summed E-state index contributed by atoms with van der Waals surface area (Å²) in [6.45, 7) is 3.45. The summed E-state index contributed by atoms with van der Waals surface area (Å²) in [5.74, 6) is -1.06. The molecule has 0 saturated heterocycles. The van der Waals surface area contributed by atoms with Gasteiger partial charge in [0.25, 0.3) is 11.5 Å². The Morgan fingerprint density at radius 2 is 1.85 bits per heavy atom. The number of hydrogen-bond acceptors (Lipinski definition) is 5. The van der Waals surface area contributed by atoms with Crippen molar-refractivity contribution in [3.63, 3.8) is 0 Å². The molecular weight excluding hydrogens is 338 g/mol. The standard InChI is InChI=1S/C18H21N3O5/c1-12(14-6-4-3-5-7-14)10-19-17(24)13(2)26-16(23)11-21-9-8-15(22)20-18(21)25/h3-9,12-13H,10-11H2,1-2H3,(H,19,24)(H,20,22,25)/t12-,13-/m1/s1. The van der Waals surface area contributed by atoms with Crippen molar-refractivity contribution >= 4 is 11.9 Å². The van der Waals surface area contributed by atoms with E-state index in [0.717, 1.165) is 16.2 Å². The molecule has 26 heavy (non-hydrogen) atoms. The summed E-state index contributed by atoms with van der Waals surface area (Å²) in [4.78, 5) is 48.5. The van der Waals surface area contributed by atoms with E-state index in [1.54, 1.807) is 0 Å². The number of rotatable bonds is 7. The minimum atomic E-state index is -0.996. The summed E-state index contributed by atoms with van der Waals surface area (Å²) in [5.41, 5.74) is -0.182. The number of nitrogens with one attached hydrogen (secondary N) is 2. The zero-order chi connectivity index (χ0) is 19.1. The number of ether oxygens (including phenoxy) is 1. The Kier molecular flexibility index (Phi) is 6.48. The molecule has 1 aromatic carbocycles. The minimum Gasteiger partial charge on any atom is -0.451 e. The average Bonchev–Trinajstić information content (AvgIpc) is 2.62.